The quantitative estimate of drug-likeness (QED) is 0.113. The molecule has 0 unspecified atom stereocenters. The molecular weight excluding hydrogens is 1360 g/mol. The second-order valence-electron chi connectivity index (χ2n) is 36.6. The van der Waals surface area contributed by atoms with Crippen molar-refractivity contribution in [2.45, 2.75) is 131 Å². The molecule has 0 fully saturated rings. The fourth-order valence-corrected chi connectivity index (χ4v) is 17.0. The van der Waals surface area contributed by atoms with Crippen LogP contribution in [-0.4, -0.2) is 6.71 Å². The Morgan fingerprint density at radius 3 is 0.796 bits per heavy atom. The molecule has 0 aromatic heterocycles. The first kappa shape index (κ1) is 73.7. The zero-order valence-electron chi connectivity index (χ0n) is 68.3. The van der Waals surface area contributed by atoms with E-state index in [2.05, 4.69) is 453 Å². The van der Waals surface area contributed by atoms with Crippen LogP contribution < -0.4 is 26.2 Å². The molecule has 0 N–H and O–H groups in total. The standard InChI is InChI=1S/C110H101BN2/c1-106(2,3)88-61-87(62-89(65-88)107(4,5)6)83-54-56-97-100(64-83)113(105-93(78-42-30-20-31-43-78)66-90(108(7,8)9)67-94(105)79-44-32-21-33-45-79)102-71-92(110(13,14)15)70-101-103(102)111(97)98-63-82(86-59-84(74-38-26-18-27-39-74)58-85(60-86)75-40-28-19-29-41-75)55-57-99(98)112(101)104-95(80-50-46-76(47-51-80)72-34-22-16-23-35-72)68-91(109(10,11)12)69-96(104)81-52-48-77(49-53-81)73-36-24-17-25-37-73/h16-71H,1-15H3. The molecular formula is C110H101BN2. The van der Waals surface area contributed by atoms with E-state index in [0.717, 1.165) is 78.6 Å². The molecule has 0 saturated carbocycles. The molecule has 113 heavy (non-hydrogen) atoms. The topological polar surface area (TPSA) is 6.48 Å². The summed E-state index contributed by atoms with van der Waals surface area (Å²) >= 11 is 0. The van der Waals surface area contributed by atoms with Gasteiger partial charge in [0.1, 0.15) is 0 Å². The van der Waals surface area contributed by atoms with Crippen molar-refractivity contribution in [2.75, 3.05) is 9.80 Å². The number of anilines is 6. The van der Waals surface area contributed by atoms with Crippen LogP contribution in [0, 0.1) is 0 Å². The van der Waals surface area contributed by atoms with E-state index in [0.29, 0.717) is 0 Å². The van der Waals surface area contributed by atoms with Crippen molar-refractivity contribution in [3.05, 3.63) is 368 Å². The van der Waals surface area contributed by atoms with E-state index in [4.69, 9.17) is 0 Å². The highest BCUT2D eigenvalue weighted by Crippen LogP contribution is 2.56. The number of benzene rings is 15. The Morgan fingerprint density at radius 1 is 0.177 bits per heavy atom. The first-order chi connectivity index (χ1) is 54.2. The minimum Gasteiger partial charge on any atom is -0.310 e. The van der Waals surface area contributed by atoms with Gasteiger partial charge in [0.2, 0.25) is 0 Å². The molecule has 3 heteroatoms. The second kappa shape index (κ2) is 28.6. The molecule has 0 radical (unpaired) electrons. The lowest BCUT2D eigenvalue weighted by Gasteiger charge is -2.47. The monoisotopic (exact) mass is 1460 g/mol. The van der Waals surface area contributed by atoms with Crippen molar-refractivity contribution in [2.24, 2.45) is 0 Å². The summed E-state index contributed by atoms with van der Waals surface area (Å²) in [4.78, 5) is 5.51. The predicted octanol–water partition coefficient (Wildman–Crippen LogP) is 28.9. The molecule has 2 nitrogen and oxygen atoms in total. The highest BCUT2D eigenvalue weighted by Gasteiger charge is 2.47. The number of hydrogen-bond donors (Lipinski definition) is 0. The number of hydrogen-bond acceptors (Lipinski definition) is 2. The SMILES string of the molecule is CC(C)(C)c1cc(-c2ccc3c(c2)N(c2c(-c4ccccc4)cc(C(C)(C)C)cc2-c2ccccc2)c2cc(C(C)(C)C)cc4c2B3c2cc(-c3cc(-c5ccccc5)cc(-c5ccccc5)c3)ccc2N4c2c(-c3ccc(-c4ccccc4)cc3)cc(C(C)(C)C)cc2-c2ccc(-c3ccccc3)cc2)cc(C(C)(C)C)c1. The van der Waals surface area contributed by atoms with Crippen LogP contribution in [0.4, 0.5) is 34.1 Å². The van der Waals surface area contributed by atoms with E-state index in [1.54, 1.807) is 0 Å². The maximum atomic E-state index is 2.76. The molecule has 15 aromatic rings. The molecule has 2 aliphatic heterocycles. The molecule has 0 amide bonds. The predicted molar refractivity (Wildman–Crippen MR) is 488 cm³/mol. The first-order valence-corrected chi connectivity index (χ1v) is 40.5. The summed E-state index contributed by atoms with van der Waals surface area (Å²) < 4.78 is 0. The van der Waals surface area contributed by atoms with Gasteiger partial charge in [0.15, 0.2) is 0 Å². The van der Waals surface area contributed by atoms with Gasteiger partial charge in [0, 0.05) is 45.0 Å². The Hall–Kier alpha value is -12.0. The molecule has 0 bridgehead atoms. The number of nitrogens with zero attached hydrogens (tertiary/aromatic N) is 2. The van der Waals surface area contributed by atoms with Gasteiger partial charge in [-0.15, -0.1) is 0 Å². The van der Waals surface area contributed by atoms with Gasteiger partial charge < -0.3 is 9.80 Å². The van der Waals surface area contributed by atoms with Crippen molar-refractivity contribution < 1.29 is 0 Å². The number of rotatable bonds is 12. The maximum Gasteiger partial charge on any atom is 0.252 e. The summed E-state index contributed by atoms with van der Waals surface area (Å²) in [5.41, 5.74) is 39.4. The Kier molecular flexibility index (Phi) is 18.7. The third-order valence-corrected chi connectivity index (χ3v) is 23.6. The summed E-state index contributed by atoms with van der Waals surface area (Å²) in [6.07, 6.45) is 0. The fourth-order valence-electron chi connectivity index (χ4n) is 17.0. The van der Waals surface area contributed by atoms with E-state index in [-0.39, 0.29) is 33.8 Å². The van der Waals surface area contributed by atoms with Crippen molar-refractivity contribution in [1.82, 2.24) is 0 Å². The molecule has 0 saturated heterocycles. The minimum absolute atomic E-state index is 0.110. The molecule has 15 aromatic carbocycles. The highest BCUT2D eigenvalue weighted by atomic mass is 15.2. The Balaban J connectivity index is 1.05. The van der Waals surface area contributed by atoms with Crippen molar-refractivity contribution >= 4 is 57.2 Å². The smallest absolute Gasteiger partial charge is 0.252 e. The summed E-state index contributed by atoms with van der Waals surface area (Å²) in [6.45, 7) is 35.3. The molecule has 0 atom stereocenters. The van der Waals surface area contributed by atoms with E-state index in [1.165, 1.54) is 111 Å². The van der Waals surface area contributed by atoms with Crippen LogP contribution in [0.1, 0.15) is 132 Å². The normalized spacial score (nSPS) is 12.9. The minimum atomic E-state index is -0.343. The van der Waals surface area contributed by atoms with Gasteiger partial charge in [0.25, 0.3) is 6.71 Å². The van der Waals surface area contributed by atoms with Gasteiger partial charge in [-0.05, 0) is 227 Å². The van der Waals surface area contributed by atoms with Crippen LogP contribution in [0.25, 0.3) is 111 Å². The van der Waals surface area contributed by atoms with Crippen LogP contribution in [0.15, 0.2) is 340 Å². The third kappa shape index (κ3) is 14.2. The lowest BCUT2D eigenvalue weighted by Crippen LogP contribution is -2.61. The highest BCUT2D eigenvalue weighted by molar-refractivity contribution is 7.00. The van der Waals surface area contributed by atoms with Crippen LogP contribution in [0.5, 0.6) is 0 Å². The average molecular weight is 1460 g/mol. The van der Waals surface area contributed by atoms with Gasteiger partial charge in [-0.1, -0.05) is 377 Å². The van der Waals surface area contributed by atoms with E-state index in [1.807, 2.05) is 0 Å². The molecule has 0 spiro atoms. The van der Waals surface area contributed by atoms with Gasteiger partial charge in [0.05, 0.1) is 11.4 Å². The molecule has 17 rings (SSSR count). The van der Waals surface area contributed by atoms with Crippen LogP contribution in [0.3, 0.4) is 0 Å². The average Bonchev–Trinajstić information content (AvgIpc) is 0.685. The summed E-state index contributed by atoms with van der Waals surface area (Å²) in [5, 5.41) is 0. The zero-order chi connectivity index (χ0) is 78.5. The van der Waals surface area contributed by atoms with Gasteiger partial charge in [-0.2, -0.15) is 0 Å². The Labute approximate surface area is 672 Å². The van der Waals surface area contributed by atoms with E-state index < -0.39 is 0 Å². The summed E-state index contributed by atoms with van der Waals surface area (Å²) in [7, 11) is 0. The van der Waals surface area contributed by atoms with Crippen molar-refractivity contribution in [1.29, 1.82) is 0 Å². The molecule has 2 heterocycles. The second-order valence-corrected chi connectivity index (χ2v) is 36.6. The fraction of sp³-hybridized carbons (Fsp3) is 0.182. The zero-order valence-corrected chi connectivity index (χ0v) is 68.3. The lowest BCUT2D eigenvalue weighted by atomic mass is 9.33. The van der Waals surface area contributed by atoms with Gasteiger partial charge >= 0.3 is 0 Å². The first-order valence-electron chi connectivity index (χ1n) is 40.5. The number of fused-ring (bicyclic) bond motifs is 4. The van der Waals surface area contributed by atoms with E-state index in [9.17, 15) is 0 Å². The van der Waals surface area contributed by atoms with Gasteiger partial charge in [-0.3, -0.25) is 0 Å². The maximum absolute atomic E-state index is 2.76. The van der Waals surface area contributed by atoms with Gasteiger partial charge in [-0.25, -0.2) is 0 Å². The lowest BCUT2D eigenvalue weighted by molar-refractivity contribution is 0.569. The molecule has 0 aliphatic carbocycles. The molecule has 554 valence electrons. The van der Waals surface area contributed by atoms with Crippen molar-refractivity contribution in [3.8, 4) is 111 Å². The summed E-state index contributed by atoms with van der Waals surface area (Å²) in [6, 6.07) is 130. The Morgan fingerprint density at radius 2 is 0.434 bits per heavy atom. The van der Waals surface area contributed by atoms with Crippen molar-refractivity contribution in [3.63, 3.8) is 0 Å². The van der Waals surface area contributed by atoms with Crippen LogP contribution in [-0.2, 0) is 27.1 Å². The molecule has 2 aliphatic rings. The Bertz CT molecular complexity index is 5810. The van der Waals surface area contributed by atoms with E-state index >= 15 is 0 Å². The third-order valence-electron chi connectivity index (χ3n) is 23.6. The summed E-state index contributed by atoms with van der Waals surface area (Å²) in [5.74, 6) is 0. The largest absolute Gasteiger partial charge is 0.310 e. The van der Waals surface area contributed by atoms with Crippen LogP contribution >= 0.6 is 0 Å². The van der Waals surface area contributed by atoms with Crippen LogP contribution in [0.2, 0.25) is 0 Å².